The number of anilines is 2. The van der Waals surface area contributed by atoms with Crippen LogP contribution in [-0.4, -0.2) is 26.1 Å². The van der Waals surface area contributed by atoms with E-state index in [9.17, 15) is 4.79 Å². The first-order chi connectivity index (χ1) is 17.0. The molecular formula is C26H23BrN6O2. The molecule has 4 aromatic rings. The van der Waals surface area contributed by atoms with E-state index in [0.29, 0.717) is 35.3 Å². The molecule has 2 heterocycles. The molecule has 35 heavy (non-hydrogen) atoms. The maximum atomic E-state index is 13.6. The van der Waals surface area contributed by atoms with Gasteiger partial charge in [-0.05, 0) is 60.2 Å². The smallest absolute Gasteiger partial charge is 0.255 e. The number of nitrogens with zero attached hydrogens (tertiary/aromatic N) is 4. The minimum absolute atomic E-state index is 0.253. The number of hydrogen-bond acceptors (Lipinski definition) is 6. The third-order valence-electron chi connectivity index (χ3n) is 5.77. The van der Waals surface area contributed by atoms with Crippen LogP contribution in [0.1, 0.15) is 29.7 Å². The fourth-order valence-corrected chi connectivity index (χ4v) is 4.40. The molecular weight excluding hydrogens is 508 g/mol. The van der Waals surface area contributed by atoms with Gasteiger partial charge in [0, 0.05) is 21.4 Å². The van der Waals surface area contributed by atoms with Gasteiger partial charge in [0.25, 0.3) is 5.91 Å². The van der Waals surface area contributed by atoms with Crippen molar-refractivity contribution in [3.05, 3.63) is 105 Å². The van der Waals surface area contributed by atoms with Gasteiger partial charge in [-0.15, -0.1) is 0 Å². The van der Waals surface area contributed by atoms with Crippen LogP contribution in [0.2, 0.25) is 0 Å². The van der Waals surface area contributed by atoms with E-state index in [1.165, 1.54) is 5.56 Å². The van der Waals surface area contributed by atoms with Crippen LogP contribution in [-0.2, 0) is 11.4 Å². The number of amides is 1. The Morgan fingerprint density at radius 2 is 1.86 bits per heavy atom. The van der Waals surface area contributed by atoms with Gasteiger partial charge in [0.05, 0.1) is 5.57 Å². The number of benzene rings is 3. The average Bonchev–Trinajstić information content (AvgIpc) is 3.32. The lowest BCUT2D eigenvalue weighted by Crippen LogP contribution is -2.31. The number of allylic oxidation sites excluding steroid dienone is 1. The van der Waals surface area contributed by atoms with Crippen molar-refractivity contribution in [1.82, 2.24) is 20.2 Å². The zero-order chi connectivity index (χ0) is 24.4. The molecule has 0 aliphatic carbocycles. The quantitative estimate of drug-likeness (QED) is 0.353. The molecule has 1 aromatic heterocycles. The van der Waals surface area contributed by atoms with Crippen molar-refractivity contribution in [2.75, 3.05) is 10.6 Å². The first-order valence-electron chi connectivity index (χ1n) is 11.1. The monoisotopic (exact) mass is 530 g/mol. The number of aryl methyl sites for hydroxylation is 1. The van der Waals surface area contributed by atoms with Gasteiger partial charge in [-0.25, -0.2) is 0 Å². The molecule has 2 N–H and O–H groups in total. The summed E-state index contributed by atoms with van der Waals surface area (Å²) in [6, 6.07) is 22.7. The van der Waals surface area contributed by atoms with Crippen LogP contribution in [0.25, 0.3) is 0 Å². The second-order valence-corrected chi connectivity index (χ2v) is 9.21. The highest BCUT2D eigenvalue weighted by Gasteiger charge is 2.36. The van der Waals surface area contributed by atoms with Gasteiger partial charge < -0.3 is 15.4 Å². The normalized spacial score (nSPS) is 14.8. The Hall–Kier alpha value is -3.98. The summed E-state index contributed by atoms with van der Waals surface area (Å²) in [6.45, 7) is 4.28. The van der Waals surface area contributed by atoms with Crippen molar-refractivity contribution >= 4 is 33.5 Å². The van der Waals surface area contributed by atoms with E-state index in [4.69, 9.17) is 4.74 Å². The minimum atomic E-state index is -0.601. The fraction of sp³-hybridized carbons (Fsp3) is 0.154. The molecule has 0 bridgehead atoms. The van der Waals surface area contributed by atoms with Crippen molar-refractivity contribution < 1.29 is 9.53 Å². The van der Waals surface area contributed by atoms with E-state index >= 15 is 0 Å². The Kier molecular flexibility index (Phi) is 6.33. The lowest BCUT2D eigenvalue weighted by atomic mass is 9.94. The van der Waals surface area contributed by atoms with Crippen LogP contribution in [0.5, 0.6) is 5.75 Å². The topological polar surface area (TPSA) is 94.0 Å². The molecule has 1 aliphatic heterocycles. The average molecular weight is 531 g/mol. The van der Waals surface area contributed by atoms with Crippen LogP contribution >= 0.6 is 15.9 Å². The largest absolute Gasteiger partial charge is 0.489 e. The zero-order valence-electron chi connectivity index (χ0n) is 19.2. The molecule has 1 aliphatic rings. The Bertz CT molecular complexity index is 1400. The van der Waals surface area contributed by atoms with Gasteiger partial charge in [0.2, 0.25) is 5.95 Å². The number of tetrazole rings is 1. The zero-order valence-corrected chi connectivity index (χ0v) is 20.8. The van der Waals surface area contributed by atoms with Crippen molar-refractivity contribution in [2.24, 2.45) is 0 Å². The Labute approximate surface area is 211 Å². The second-order valence-electron chi connectivity index (χ2n) is 8.29. The molecule has 8 nitrogen and oxygen atoms in total. The summed E-state index contributed by atoms with van der Waals surface area (Å²) in [6.07, 6.45) is 0. The second kappa shape index (κ2) is 9.71. The summed E-state index contributed by atoms with van der Waals surface area (Å²) < 4.78 is 8.72. The van der Waals surface area contributed by atoms with E-state index in [0.717, 1.165) is 15.6 Å². The van der Waals surface area contributed by atoms with Crippen molar-refractivity contribution in [2.45, 2.75) is 26.5 Å². The first-order valence-corrected chi connectivity index (χ1v) is 11.9. The molecule has 3 aromatic carbocycles. The predicted octanol–water partition coefficient (Wildman–Crippen LogP) is 5.25. The maximum absolute atomic E-state index is 13.6. The SMILES string of the molecule is CC1=C(C(=O)Nc2ccccc2)C(c2cc(Br)ccc2OCc2ccc(C)cc2)n2nnnc2N1. The van der Waals surface area contributed by atoms with E-state index in [2.05, 4.69) is 61.1 Å². The standard InChI is InChI=1S/C26H23BrN6O2/c1-16-8-10-18(11-9-16)15-35-22-13-12-19(27)14-21(22)24-23(17(2)28-26-30-31-32-33(24)26)25(34)29-20-6-4-3-5-7-20/h3-14,24H,15H2,1-2H3,(H,29,34)(H,28,30,32). The highest BCUT2D eigenvalue weighted by molar-refractivity contribution is 9.10. The first kappa shape index (κ1) is 22.8. The molecule has 0 spiro atoms. The highest BCUT2D eigenvalue weighted by atomic mass is 79.9. The van der Waals surface area contributed by atoms with Crippen molar-refractivity contribution in [3.8, 4) is 5.75 Å². The minimum Gasteiger partial charge on any atom is -0.489 e. The molecule has 0 saturated heterocycles. The number of nitrogens with one attached hydrogen (secondary N) is 2. The number of halogens is 1. The fourth-order valence-electron chi connectivity index (χ4n) is 4.02. The van der Waals surface area contributed by atoms with Crippen LogP contribution in [0.15, 0.2) is 88.5 Å². The summed E-state index contributed by atoms with van der Waals surface area (Å²) in [4.78, 5) is 13.6. The van der Waals surface area contributed by atoms with Crippen LogP contribution in [0.4, 0.5) is 11.6 Å². The summed E-state index contributed by atoms with van der Waals surface area (Å²) in [5.74, 6) is 0.838. The predicted molar refractivity (Wildman–Crippen MR) is 137 cm³/mol. The molecule has 0 fully saturated rings. The van der Waals surface area contributed by atoms with Crippen LogP contribution < -0.4 is 15.4 Å². The third kappa shape index (κ3) is 4.81. The summed E-state index contributed by atoms with van der Waals surface area (Å²) in [5, 5.41) is 18.3. The van der Waals surface area contributed by atoms with Crippen molar-refractivity contribution in [3.63, 3.8) is 0 Å². The number of carbonyl (C=O) groups is 1. The molecule has 1 unspecified atom stereocenters. The third-order valence-corrected chi connectivity index (χ3v) is 6.27. The lowest BCUT2D eigenvalue weighted by molar-refractivity contribution is -0.113. The van der Waals surface area contributed by atoms with E-state index in [1.54, 1.807) is 4.68 Å². The molecule has 0 saturated carbocycles. The van der Waals surface area contributed by atoms with E-state index in [1.807, 2.05) is 67.6 Å². The lowest BCUT2D eigenvalue weighted by Gasteiger charge is -2.29. The highest BCUT2D eigenvalue weighted by Crippen LogP contribution is 2.40. The van der Waals surface area contributed by atoms with Gasteiger partial charge in [-0.1, -0.05) is 69.1 Å². The number of aromatic nitrogens is 4. The van der Waals surface area contributed by atoms with E-state index < -0.39 is 6.04 Å². The van der Waals surface area contributed by atoms with Gasteiger partial charge in [0.15, 0.2) is 0 Å². The van der Waals surface area contributed by atoms with Gasteiger partial charge in [-0.2, -0.15) is 4.68 Å². The Morgan fingerprint density at radius 3 is 2.63 bits per heavy atom. The summed E-state index contributed by atoms with van der Waals surface area (Å²) >= 11 is 3.57. The van der Waals surface area contributed by atoms with Crippen LogP contribution in [0.3, 0.4) is 0 Å². The van der Waals surface area contributed by atoms with Crippen LogP contribution in [0, 0.1) is 6.92 Å². The number of para-hydroxylation sites is 1. The van der Waals surface area contributed by atoms with Gasteiger partial charge in [-0.3, -0.25) is 4.79 Å². The summed E-state index contributed by atoms with van der Waals surface area (Å²) in [5.41, 5.74) is 4.85. The number of ether oxygens (including phenoxy) is 1. The van der Waals surface area contributed by atoms with Gasteiger partial charge >= 0.3 is 0 Å². The number of carbonyl (C=O) groups excluding carboxylic acids is 1. The number of fused-ring (bicyclic) bond motifs is 1. The number of hydrogen-bond donors (Lipinski definition) is 2. The molecule has 1 amide bonds. The Balaban J connectivity index is 1.54. The summed E-state index contributed by atoms with van der Waals surface area (Å²) in [7, 11) is 0. The maximum Gasteiger partial charge on any atom is 0.255 e. The van der Waals surface area contributed by atoms with Gasteiger partial charge in [0.1, 0.15) is 18.4 Å². The molecule has 5 rings (SSSR count). The molecule has 9 heteroatoms. The molecule has 176 valence electrons. The molecule has 1 atom stereocenters. The van der Waals surface area contributed by atoms with Crippen molar-refractivity contribution in [1.29, 1.82) is 0 Å². The molecule has 0 radical (unpaired) electrons. The van der Waals surface area contributed by atoms with E-state index in [-0.39, 0.29) is 5.91 Å². The Morgan fingerprint density at radius 1 is 1.09 bits per heavy atom. The number of rotatable bonds is 6.